The van der Waals surface area contributed by atoms with E-state index in [-0.39, 0.29) is 5.91 Å². The summed E-state index contributed by atoms with van der Waals surface area (Å²) < 4.78 is 10.4. The smallest absolute Gasteiger partial charge is 0.260 e. The number of rotatable bonds is 6. The van der Waals surface area contributed by atoms with Gasteiger partial charge < -0.3 is 20.5 Å². The van der Waals surface area contributed by atoms with Crippen LogP contribution in [0, 0.1) is 6.92 Å². The Balaban J connectivity index is 2.55. The van der Waals surface area contributed by atoms with Crippen molar-refractivity contribution >= 4 is 11.6 Å². The average Bonchev–Trinajstić information content (AvgIpc) is 2.34. The first-order valence-electron chi connectivity index (χ1n) is 5.84. The van der Waals surface area contributed by atoms with Crippen LogP contribution in [0.25, 0.3) is 0 Å². The Bertz CT molecular complexity index is 407. The summed E-state index contributed by atoms with van der Waals surface area (Å²) in [6.07, 6.45) is -0.567. The fourth-order valence-electron chi connectivity index (χ4n) is 1.41. The molecular formula is C13H20N2O3. The molecule has 1 unspecified atom stereocenters. The number of carbonyl (C=O) groups excluding carboxylic acids is 1. The monoisotopic (exact) mass is 252 g/mol. The van der Waals surface area contributed by atoms with Crippen molar-refractivity contribution < 1.29 is 14.3 Å². The van der Waals surface area contributed by atoms with Gasteiger partial charge in [-0.15, -0.1) is 0 Å². The second kappa shape index (κ2) is 6.86. The number of carbonyl (C=O) groups is 1. The highest BCUT2D eigenvalue weighted by atomic mass is 16.5. The van der Waals surface area contributed by atoms with E-state index in [1.807, 2.05) is 13.0 Å². The summed E-state index contributed by atoms with van der Waals surface area (Å²) in [5.74, 6) is 0.457. The van der Waals surface area contributed by atoms with E-state index >= 15 is 0 Å². The van der Waals surface area contributed by atoms with Gasteiger partial charge in [0.1, 0.15) is 5.75 Å². The Morgan fingerprint density at radius 1 is 1.50 bits per heavy atom. The van der Waals surface area contributed by atoms with E-state index < -0.39 is 6.10 Å². The fraction of sp³-hybridized carbons (Fsp3) is 0.462. The van der Waals surface area contributed by atoms with Crippen LogP contribution < -0.4 is 15.8 Å². The number of hydrogen-bond donors (Lipinski definition) is 2. The molecule has 0 bridgehead atoms. The maximum absolute atomic E-state index is 11.7. The molecule has 1 rings (SSSR count). The molecule has 1 aromatic carbocycles. The van der Waals surface area contributed by atoms with E-state index in [1.54, 1.807) is 26.2 Å². The zero-order valence-corrected chi connectivity index (χ0v) is 11.0. The molecule has 0 aliphatic rings. The summed E-state index contributed by atoms with van der Waals surface area (Å²) in [4.78, 5) is 11.7. The van der Waals surface area contributed by atoms with Crippen molar-refractivity contribution in [1.29, 1.82) is 0 Å². The number of ether oxygens (including phenoxy) is 2. The molecular weight excluding hydrogens is 232 g/mol. The number of methoxy groups -OCH3 is 1. The number of hydrogen-bond acceptors (Lipinski definition) is 4. The minimum absolute atomic E-state index is 0.172. The summed E-state index contributed by atoms with van der Waals surface area (Å²) in [6.45, 7) is 4.56. The molecule has 1 aromatic rings. The Hall–Kier alpha value is -1.75. The van der Waals surface area contributed by atoms with Gasteiger partial charge in [0.2, 0.25) is 0 Å². The first kappa shape index (κ1) is 14.3. The van der Waals surface area contributed by atoms with Crippen LogP contribution in [0.15, 0.2) is 18.2 Å². The molecule has 100 valence electrons. The van der Waals surface area contributed by atoms with Gasteiger partial charge in [-0.3, -0.25) is 4.79 Å². The molecule has 0 saturated carbocycles. The normalized spacial score (nSPS) is 11.9. The van der Waals surface area contributed by atoms with Gasteiger partial charge in [-0.25, -0.2) is 0 Å². The Kier molecular flexibility index (Phi) is 5.45. The van der Waals surface area contributed by atoms with Crippen LogP contribution >= 0.6 is 0 Å². The van der Waals surface area contributed by atoms with Crippen molar-refractivity contribution in [2.24, 2.45) is 0 Å². The lowest BCUT2D eigenvalue weighted by atomic mass is 10.2. The van der Waals surface area contributed by atoms with Crippen LogP contribution in [0.4, 0.5) is 5.69 Å². The summed E-state index contributed by atoms with van der Waals surface area (Å²) in [5, 5.41) is 2.72. The molecule has 0 fully saturated rings. The maximum atomic E-state index is 11.7. The predicted octanol–water partition coefficient (Wildman–Crippen LogP) is 1.11. The zero-order valence-electron chi connectivity index (χ0n) is 11.0. The highest BCUT2D eigenvalue weighted by molar-refractivity contribution is 5.80. The molecule has 3 N–H and O–H groups in total. The van der Waals surface area contributed by atoms with Crippen molar-refractivity contribution in [3.8, 4) is 5.75 Å². The van der Waals surface area contributed by atoms with Crippen LogP contribution in [0.2, 0.25) is 0 Å². The van der Waals surface area contributed by atoms with Gasteiger partial charge >= 0.3 is 0 Å². The molecule has 1 amide bonds. The Morgan fingerprint density at radius 3 is 2.89 bits per heavy atom. The predicted molar refractivity (Wildman–Crippen MR) is 70.6 cm³/mol. The van der Waals surface area contributed by atoms with Crippen molar-refractivity contribution in [1.82, 2.24) is 5.32 Å². The minimum atomic E-state index is -0.567. The van der Waals surface area contributed by atoms with Gasteiger partial charge in [0, 0.05) is 25.4 Å². The van der Waals surface area contributed by atoms with Crippen molar-refractivity contribution in [2.75, 3.05) is 26.0 Å². The second-order valence-corrected chi connectivity index (χ2v) is 4.07. The first-order chi connectivity index (χ1) is 8.54. The lowest BCUT2D eigenvalue weighted by Gasteiger charge is -2.16. The molecule has 0 aliphatic heterocycles. The van der Waals surface area contributed by atoms with E-state index in [1.165, 1.54) is 0 Å². The molecule has 0 radical (unpaired) electrons. The molecule has 0 saturated heterocycles. The molecule has 5 nitrogen and oxygen atoms in total. The van der Waals surface area contributed by atoms with Crippen molar-refractivity contribution in [3.05, 3.63) is 23.8 Å². The van der Waals surface area contributed by atoms with E-state index in [9.17, 15) is 4.79 Å². The topological polar surface area (TPSA) is 73.6 Å². The zero-order chi connectivity index (χ0) is 13.5. The van der Waals surface area contributed by atoms with Crippen LogP contribution in [-0.2, 0) is 9.53 Å². The van der Waals surface area contributed by atoms with E-state index in [0.29, 0.717) is 24.6 Å². The number of anilines is 1. The summed E-state index contributed by atoms with van der Waals surface area (Å²) in [6, 6.07) is 5.38. The summed E-state index contributed by atoms with van der Waals surface area (Å²) in [7, 11) is 1.59. The molecule has 0 aliphatic carbocycles. The Labute approximate surface area is 107 Å². The molecule has 5 heteroatoms. The average molecular weight is 252 g/mol. The molecule has 18 heavy (non-hydrogen) atoms. The minimum Gasteiger partial charge on any atom is -0.481 e. The number of amides is 1. The molecule has 0 spiro atoms. The van der Waals surface area contributed by atoms with Crippen LogP contribution in [0.5, 0.6) is 5.75 Å². The number of nitrogens with two attached hydrogens (primary N) is 1. The lowest BCUT2D eigenvalue weighted by molar-refractivity contribution is -0.127. The molecule has 1 atom stereocenters. The van der Waals surface area contributed by atoms with Crippen molar-refractivity contribution in [3.63, 3.8) is 0 Å². The van der Waals surface area contributed by atoms with E-state index in [0.717, 1.165) is 5.56 Å². The van der Waals surface area contributed by atoms with E-state index in [2.05, 4.69) is 5.32 Å². The molecule has 0 heterocycles. The Morgan fingerprint density at radius 2 is 2.22 bits per heavy atom. The third-order valence-corrected chi connectivity index (χ3v) is 2.49. The highest BCUT2D eigenvalue weighted by Gasteiger charge is 2.15. The quantitative estimate of drug-likeness (QED) is 0.587. The van der Waals surface area contributed by atoms with E-state index in [4.69, 9.17) is 15.2 Å². The van der Waals surface area contributed by atoms with Crippen LogP contribution in [0.3, 0.4) is 0 Å². The number of benzene rings is 1. The SMILES string of the molecule is COCCNC(=O)C(C)Oc1cc(N)ccc1C. The van der Waals surface area contributed by atoms with Crippen molar-refractivity contribution in [2.45, 2.75) is 20.0 Å². The third kappa shape index (κ3) is 4.25. The van der Waals surface area contributed by atoms with Gasteiger partial charge in [0.05, 0.1) is 6.61 Å². The number of aryl methyl sites for hydroxylation is 1. The standard InChI is InChI=1S/C13H20N2O3/c1-9-4-5-11(14)8-12(9)18-10(2)13(16)15-6-7-17-3/h4-5,8,10H,6-7,14H2,1-3H3,(H,15,16). The maximum Gasteiger partial charge on any atom is 0.260 e. The highest BCUT2D eigenvalue weighted by Crippen LogP contribution is 2.21. The number of nitrogens with one attached hydrogen (secondary N) is 1. The first-order valence-corrected chi connectivity index (χ1v) is 5.84. The van der Waals surface area contributed by atoms with Gasteiger partial charge in [-0.2, -0.15) is 0 Å². The van der Waals surface area contributed by atoms with Gasteiger partial charge in [0.15, 0.2) is 6.10 Å². The second-order valence-electron chi connectivity index (χ2n) is 4.07. The fourth-order valence-corrected chi connectivity index (χ4v) is 1.41. The molecule has 0 aromatic heterocycles. The van der Waals surface area contributed by atoms with Gasteiger partial charge in [-0.05, 0) is 25.5 Å². The summed E-state index contributed by atoms with van der Waals surface area (Å²) in [5.41, 5.74) is 7.24. The summed E-state index contributed by atoms with van der Waals surface area (Å²) >= 11 is 0. The van der Waals surface area contributed by atoms with Crippen LogP contribution in [0.1, 0.15) is 12.5 Å². The number of nitrogen functional groups attached to an aromatic ring is 1. The third-order valence-electron chi connectivity index (χ3n) is 2.49. The van der Waals surface area contributed by atoms with Crippen LogP contribution in [-0.4, -0.2) is 32.3 Å². The van der Waals surface area contributed by atoms with Gasteiger partial charge in [-0.1, -0.05) is 6.07 Å². The van der Waals surface area contributed by atoms with Gasteiger partial charge in [0.25, 0.3) is 5.91 Å². The lowest BCUT2D eigenvalue weighted by Crippen LogP contribution is -2.38. The largest absolute Gasteiger partial charge is 0.481 e.